The molecule has 0 amide bonds. The summed E-state index contributed by atoms with van der Waals surface area (Å²) < 4.78 is 4.61. The number of likely N-dealkylation sites (N-methyl/N-ethyl adjacent to an activating group) is 1. The minimum atomic E-state index is -0.398. The fraction of sp³-hybridized carbons (Fsp3) is 0.500. The molecule has 0 aliphatic carbocycles. The standard InChI is InChI=1S/C12H17N3O2/c1-15-6-5-13-11(8-15)9-3-4-10(14-7-9)12(16)17-2/h3-4,7,11,13H,5-6,8H2,1-2H3. The molecular formula is C12H17N3O2. The Labute approximate surface area is 101 Å². The van der Waals surface area contributed by atoms with E-state index in [0.29, 0.717) is 5.69 Å². The van der Waals surface area contributed by atoms with Crippen LogP contribution >= 0.6 is 0 Å². The van der Waals surface area contributed by atoms with Crippen LogP contribution in [0.1, 0.15) is 22.1 Å². The molecule has 0 spiro atoms. The molecule has 1 atom stereocenters. The Morgan fingerprint density at radius 1 is 1.59 bits per heavy atom. The number of nitrogens with one attached hydrogen (secondary N) is 1. The minimum absolute atomic E-state index is 0.285. The van der Waals surface area contributed by atoms with Crippen molar-refractivity contribution in [2.75, 3.05) is 33.8 Å². The molecule has 5 heteroatoms. The van der Waals surface area contributed by atoms with Crippen molar-refractivity contribution in [3.63, 3.8) is 0 Å². The van der Waals surface area contributed by atoms with Crippen LogP contribution in [0.4, 0.5) is 0 Å². The van der Waals surface area contributed by atoms with Crippen molar-refractivity contribution >= 4 is 5.97 Å². The molecule has 2 heterocycles. The molecule has 1 fully saturated rings. The van der Waals surface area contributed by atoms with Crippen molar-refractivity contribution in [2.45, 2.75) is 6.04 Å². The number of carbonyl (C=O) groups excluding carboxylic acids is 1. The van der Waals surface area contributed by atoms with Gasteiger partial charge in [-0.25, -0.2) is 9.78 Å². The second-order valence-electron chi connectivity index (χ2n) is 4.24. The number of aromatic nitrogens is 1. The minimum Gasteiger partial charge on any atom is -0.464 e. The van der Waals surface area contributed by atoms with Crippen molar-refractivity contribution in [3.8, 4) is 0 Å². The Morgan fingerprint density at radius 3 is 3.00 bits per heavy atom. The van der Waals surface area contributed by atoms with Crippen molar-refractivity contribution in [2.24, 2.45) is 0 Å². The van der Waals surface area contributed by atoms with Crippen molar-refractivity contribution in [1.29, 1.82) is 0 Å². The molecule has 1 N–H and O–H groups in total. The fourth-order valence-electron chi connectivity index (χ4n) is 1.96. The number of carbonyl (C=O) groups is 1. The molecule has 1 aromatic heterocycles. The highest BCUT2D eigenvalue weighted by atomic mass is 16.5. The molecule has 1 aliphatic heterocycles. The molecule has 0 aromatic carbocycles. The maximum absolute atomic E-state index is 11.2. The van der Waals surface area contributed by atoms with E-state index < -0.39 is 5.97 Å². The third kappa shape index (κ3) is 2.81. The van der Waals surface area contributed by atoms with Gasteiger partial charge < -0.3 is 15.0 Å². The lowest BCUT2D eigenvalue weighted by Gasteiger charge is -2.30. The lowest BCUT2D eigenvalue weighted by Crippen LogP contribution is -2.43. The molecule has 1 aromatic rings. The molecule has 0 saturated carbocycles. The first-order chi connectivity index (χ1) is 8.20. The van der Waals surface area contributed by atoms with E-state index in [-0.39, 0.29) is 6.04 Å². The number of rotatable bonds is 2. The molecule has 1 saturated heterocycles. The fourth-order valence-corrected chi connectivity index (χ4v) is 1.96. The smallest absolute Gasteiger partial charge is 0.356 e. The SMILES string of the molecule is COC(=O)c1ccc(C2CN(C)CCN2)cn1. The van der Waals surface area contributed by atoms with Crippen molar-refractivity contribution in [1.82, 2.24) is 15.2 Å². The lowest BCUT2D eigenvalue weighted by molar-refractivity contribution is 0.0594. The Hall–Kier alpha value is -1.46. The van der Waals surface area contributed by atoms with E-state index in [2.05, 4.69) is 27.0 Å². The summed E-state index contributed by atoms with van der Waals surface area (Å²) in [4.78, 5) is 17.6. The van der Waals surface area contributed by atoms with Gasteiger partial charge in [-0.1, -0.05) is 6.07 Å². The second kappa shape index (κ2) is 5.25. The van der Waals surface area contributed by atoms with Gasteiger partial charge in [-0.15, -0.1) is 0 Å². The van der Waals surface area contributed by atoms with Crippen LogP contribution < -0.4 is 5.32 Å². The van der Waals surface area contributed by atoms with Crippen LogP contribution in [0.3, 0.4) is 0 Å². The summed E-state index contributed by atoms with van der Waals surface area (Å²) in [5.74, 6) is -0.398. The Balaban J connectivity index is 2.09. The van der Waals surface area contributed by atoms with Crippen LogP contribution in [0.2, 0.25) is 0 Å². The maximum Gasteiger partial charge on any atom is 0.356 e. The largest absolute Gasteiger partial charge is 0.464 e. The van der Waals surface area contributed by atoms with Crippen LogP contribution in [0.15, 0.2) is 18.3 Å². The number of piperazine rings is 1. The molecular weight excluding hydrogens is 218 g/mol. The average Bonchev–Trinajstić information content (AvgIpc) is 2.38. The summed E-state index contributed by atoms with van der Waals surface area (Å²) in [6, 6.07) is 3.92. The summed E-state index contributed by atoms with van der Waals surface area (Å²) in [6.45, 7) is 2.99. The van der Waals surface area contributed by atoms with E-state index in [1.54, 1.807) is 12.3 Å². The quantitative estimate of drug-likeness (QED) is 0.754. The van der Waals surface area contributed by atoms with E-state index in [9.17, 15) is 4.79 Å². The van der Waals surface area contributed by atoms with Gasteiger partial charge in [-0.05, 0) is 18.7 Å². The highest BCUT2D eigenvalue weighted by Gasteiger charge is 2.18. The van der Waals surface area contributed by atoms with Gasteiger partial charge in [0, 0.05) is 31.9 Å². The zero-order chi connectivity index (χ0) is 12.3. The summed E-state index contributed by atoms with van der Waals surface area (Å²) in [5, 5.41) is 3.43. The third-order valence-corrected chi connectivity index (χ3v) is 2.96. The molecule has 92 valence electrons. The number of ether oxygens (including phenoxy) is 1. The van der Waals surface area contributed by atoms with Gasteiger partial charge in [-0.3, -0.25) is 0 Å². The molecule has 0 bridgehead atoms. The van der Waals surface area contributed by atoms with Gasteiger partial charge in [0.1, 0.15) is 5.69 Å². The first-order valence-electron chi connectivity index (χ1n) is 5.67. The second-order valence-corrected chi connectivity index (χ2v) is 4.24. The third-order valence-electron chi connectivity index (χ3n) is 2.96. The van der Waals surface area contributed by atoms with E-state index in [4.69, 9.17) is 0 Å². The van der Waals surface area contributed by atoms with Gasteiger partial charge >= 0.3 is 5.97 Å². The summed E-state index contributed by atoms with van der Waals surface area (Å²) >= 11 is 0. The van der Waals surface area contributed by atoms with Gasteiger partial charge in [0.15, 0.2) is 0 Å². The van der Waals surface area contributed by atoms with Gasteiger partial charge in [0.2, 0.25) is 0 Å². The number of hydrogen-bond acceptors (Lipinski definition) is 5. The topological polar surface area (TPSA) is 54.5 Å². The van der Waals surface area contributed by atoms with Crippen molar-refractivity contribution in [3.05, 3.63) is 29.6 Å². The van der Waals surface area contributed by atoms with E-state index in [0.717, 1.165) is 25.2 Å². The monoisotopic (exact) mass is 235 g/mol. The molecule has 0 radical (unpaired) electrons. The first kappa shape index (κ1) is 12.0. The normalized spacial score (nSPS) is 21.2. The summed E-state index contributed by atoms with van der Waals surface area (Å²) in [5.41, 5.74) is 1.45. The van der Waals surface area contributed by atoms with E-state index >= 15 is 0 Å². The molecule has 17 heavy (non-hydrogen) atoms. The molecule has 1 aliphatic rings. The zero-order valence-corrected chi connectivity index (χ0v) is 10.1. The first-order valence-corrected chi connectivity index (χ1v) is 5.67. The Kier molecular flexibility index (Phi) is 3.71. The van der Waals surface area contributed by atoms with Crippen molar-refractivity contribution < 1.29 is 9.53 Å². The number of hydrogen-bond donors (Lipinski definition) is 1. The van der Waals surface area contributed by atoms with Gasteiger partial charge in [-0.2, -0.15) is 0 Å². The van der Waals surface area contributed by atoms with Crippen LogP contribution in [0, 0.1) is 0 Å². The van der Waals surface area contributed by atoms with Crippen LogP contribution in [0.25, 0.3) is 0 Å². The highest BCUT2D eigenvalue weighted by Crippen LogP contribution is 2.15. The molecule has 2 rings (SSSR count). The van der Waals surface area contributed by atoms with E-state index in [1.165, 1.54) is 7.11 Å². The maximum atomic E-state index is 11.2. The number of nitrogens with zero attached hydrogens (tertiary/aromatic N) is 2. The number of methoxy groups -OCH3 is 1. The average molecular weight is 235 g/mol. The predicted octanol–water partition coefficient (Wildman–Crippen LogP) is 0.444. The summed E-state index contributed by atoms with van der Waals surface area (Å²) in [7, 11) is 3.46. The van der Waals surface area contributed by atoms with Crippen LogP contribution in [0.5, 0.6) is 0 Å². The van der Waals surface area contributed by atoms with Crippen LogP contribution in [-0.2, 0) is 4.74 Å². The van der Waals surface area contributed by atoms with Gasteiger partial charge in [0.25, 0.3) is 0 Å². The lowest BCUT2D eigenvalue weighted by atomic mass is 10.1. The molecule has 5 nitrogen and oxygen atoms in total. The number of esters is 1. The highest BCUT2D eigenvalue weighted by molar-refractivity contribution is 5.86. The van der Waals surface area contributed by atoms with Crippen LogP contribution in [-0.4, -0.2) is 49.6 Å². The van der Waals surface area contributed by atoms with Gasteiger partial charge in [0.05, 0.1) is 7.11 Å². The zero-order valence-electron chi connectivity index (χ0n) is 10.1. The summed E-state index contributed by atoms with van der Waals surface area (Å²) in [6.07, 6.45) is 1.74. The van der Waals surface area contributed by atoms with E-state index in [1.807, 2.05) is 6.07 Å². The predicted molar refractivity (Wildman–Crippen MR) is 63.8 cm³/mol. The molecule has 1 unspecified atom stereocenters. The number of pyridine rings is 1. The Morgan fingerprint density at radius 2 is 2.41 bits per heavy atom. The Bertz CT molecular complexity index is 391.